The molecular weight excluding hydrogens is 412 g/mol. The second kappa shape index (κ2) is 11.9. The van der Waals surface area contributed by atoms with Gasteiger partial charge in [-0.3, -0.25) is 0 Å². The van der Waals surface area contributed by atoms with Crippen LogP contribution in [0.15, 0.2) is 54.9 Å². The first-order chi connectivity index (χ1) is 15.9. The van der Waals surface area contributed by atoms with Crippen molar-refractivity contribution in [2.45, 2.75) is 32.3 Å². The summed E-state index contributed by atoms with van der Waals surface area (Å²) in [5, 5.41) is 4.75. The molecule has 0 bridgehead atoms. The molecule has 0 aliphatic carbocycles. The number of anilines is 1. The van der Waals surface area contributed by atoms with Crippen molar-refractivity contribution in [1.82, 2.24) is 10.3 Å². The number of hydrogen-bond acceptors (Lipinski definition) is 7. The summed E-state index contributed by atoms with van der Waals surface area (Å²) in [4.78, 5) is 0. The van der Waals surface area contributed by atoms with Gasteiger partial charge in [0.25, 0.3) is 0 Å². The molecule has 7 nitrogen and oxygen atoms in total. The van der Waals surface area contributed by atoms with E-state index in [1.165, 1.54) is 11.4 Å². The van der Waals surface area contributed by atoms with Crippen molar-refractivity contribution in [2.75, 3.05) is 25.4 Å². The number of nitrogen functional groups attached to an aromatic ring is 1. The lowest BCUT2D eigenvalue weighted by Crippen LogP contribution is -2.29. The molecular formula is C26H34N6O. The van der Waals surface area contributed by atoms with Crippen LogP contribution in [0.2, 0.25) is 0 Å². The highest BCUT2D eigenvalue weighted by Gasteiger charge is 2.12. The third kappa shape index (κ3) is 7.49. The molecule has 9 N–H and O–H groups in total. The van der Waals surface area contributed by atoms with Crippen LogP contribution < -0.4 is 28.4 Å². The largest absolute Gasteiger partial charge is 0.399 e. The topological polar surface area (TPSA) is 129 Å². The Hall–Kier alpha value is -3.60. The molecule has 33 heavy (non-hydrogen) atoms. The third-order valence-corrected chi connectivity index (χ3v) is 5.46. The number of benzene rings is 2. The monoisotopic (exact) mass is 446 g/mol. The Morgan fingerprint density at radius 1 is 1.15 bits per heavy atom. The van der Waals surface area contributed by atoms with Gasteiger partial charge in [0, 0.05) is 42.4 Å². The van der Waals surface area contributed by atoms with Gasteiger partial charge >= 0.3 is 0 Å². The highest BCUT2D eigenvalue weighted by molar-refractivity contribution is 5.66. The Labute approximate surface area is 196 Å². The van der Waals surface area contributed by atoms with Gasteiger partial charge in [-0.05, 0) is 61.6 Å². The lowest BCUT2D eigenvalue weighted by Gasteiger charge is -2.22. The van der Waals surface area contributed by atoms with Crippen LogP contribution in [0.4, 0.5) is 5.69 Å². The molecule has 174 valence electrons. The molecule has 7 heteroatoms. The lowest BCUT2D eigenvalue weighted by molar-refractivity contribution is 0.0188. The van der Waals surface area contributed by atoms with Gasteiger partial charge in [0.1, 0.15) is 0 Å². The van der Waals surface area contributed by atoms with Gasteiger partial charge < -0.3 is 32.3 Å². The van der Waals surface area contributed by atoms with Gasteiger partial charge in [-0.15, -0.1) is 0 Å². The van der Waals surface area contributed by atoms with Gasteiger partial charge in [0.05, 0.1) is 24.0 Å². The highest BCUT2D eigenvalue weighted by Crippen LogP contribution is 2.17. The molecule has 0 aromatic heterocycles. The van der Waals surface area contributed by atoms with Crippen LogP contribution in [0.1, 0.15) is 41.5 Å². The fraction of sp³-hybridized carbons (Fsp3) is 0.308. The fourth-order valence-electron chi connectivity index (χ4n) is 3.62. The first kappa shape index (κ1) is 24.1. The molecule has 2 aromatic carbocycles. The van der Waals surface area contributed by atoms with Crippen LogP contribution in [-0.4, -0.2) is 30.8 Å². The molecule has 1 heterocycles. The minimum atomic E-state index is 0.264. The SMILES string of the molecule is Cc1cc(C#CCN(N)/C=C(\N)c2ccc(N)cc2)ccc1/C(N)=C/NCC1CCCCO1. The molecule has 1 saturated heterocycles. The van der Waals surface area contributed by atoms with Gasteiger partial charge in [0.2, 0.25) is 0 Å². The van der Waals surface area contributed by atoms with Gasteiger partial charge in [0.15, 0.2) is 0 Å². The van der Waals surface area contributed by atoms with Crippen molar-refractivity contribution >= 4 is 17.1 Å². The van der Waals surface area contributed by atoms with E-state index >= 15 is 0 Å². The van der Waals surface area contributed by atoms with Crippen molar-refractivity contribution in [1.29, 1.82) is 0 Å². The zero-order valence-corrected chi connectivity index (χ0v) is 19.2. The first-order valence-electron chi connectivity index (χ1n) is 11.2. The van der Waals surface area contributed by atoms with Gasteiger partial charge in [-0.25, -0.2) is 5.84 Å². The predicted molar refractivity (Wildman–Crippen MR) is 136 cm³/mol. The average Bonchev–Trinajstić information content (AvgIpc) is 2.80. The van der Waals surface area contributed by atoms with Crippen LogP contribution in [0.5, 0.6) is 0 Å². The number of aryl methyl sites for hydroxylation is 1. The van der Waals surface area contributed by atoms with Crippen LogP contribution in [0.25, 0.3) is 11.4 Å². The van der Waals surface area contributed by atoms with Crippen LogP contribution in [0, 0.1) is 18.8 Å². The molecule has 0 saturated carbocycles. The fourth-order valence-corrected chi connectivity index (χ4v) is 3.62. The predicted octanol–water partition coefficient (Wildman–Crippen LogP) is 2.48. The zero-order chi connectivity index (χ0) is 23.6. The Morgan fingerprint density at radius 2 is 1.94 bits per heavy atom. The summed E-state index contributed by atoms with van der Waals surface area (Å²) in [6.07, 6.45) is 7.25. The molecule has 1 aliphatic heterocycles. The number of ether oxygens (including phenoxy) is 1. The van der Waals surface area contributed by atoms with Crippen LogP contribution in [-0.2, 0) is 4.74 Å². The van der Waals surface area contributed by atoms with Crippen molar-refractivity contribution in [2.24, 2.45) is 17.3 Å². The van der Waals surface area contributed by atoms with Crippen molar-refractivity contribution < 1.29 is 4.74 Å². The zero-order valence-electron chi connectivity index (χ0n) is 19.2. The molecule has 3 rings (SSSR count). The smallest absolute Gasteiger partial charge is 0.0948 e. The standard InChI is InChI=1S/C26H34N6O/c1-19-15-20(5-4-13-32(30)18-26(29)21-8-10-22(27)11-9-21)7-12-24(19)25(28)17-31-16-23-6-2-3-14-33-23/h7-12,15,17-18,23,31H,2-3,6,13-14,16,27-30H2,1H3/b25-17-,26-18-. The quantitative estimate of drug-likeness (QED) is 0.191. The van der Waals surface area contributed by atoms with E-state index in [0.717, 1.165) is 48.2 Å². The summed E-state index contributed by atoms with van der Waals surface area (Å²) in [5.41, 5.74) is 23.8. The summed E-state index contributed by atoms with van der Waals surface area (Å²) < 4.78 is 5.73. The number of hydrogen-bond donors (Lipinski definition) is 5. The number of nitrogens with zero attached hydrogens (tertiary/aromatic N) is 1. The third-order valence-electron chi connectivity index (χ3n) is 5.46. The maximum atomic E-state index is 6.28. The lowest BCUT2D eigenvalue weighted by atomic mass is 10.0. The molecule has 1 unspecified atom stereocenters. The van der Waals surface area contributed by atoms with E-state index in [2.05, 4.69) is 17.2 Å². The normalized spacial score (nSPS) is 16.6. The minimum Gasteiger partial charge on any atom is -0.399 e. The summed E-state index contributed by atoms with van der Waals surface area (Å²) >= 11 is 0. The summed E-state index contributed by atoms with van der Waals surface area (Å²) in [7, 11) is 0. The minimum absolute atomic E-state index is 0.264. The second-order valence-electron chi connectivity index (χ2n) is 8.21. The van der Waals surface area contributed by atoms with Crippen molar-refractivity contribution in [3.8, 4) is 11.8 Å². The van der Waals surface area contributed by atoms with E-state index in [4.69, 9.17) is 27.8 Å². The molecule has 2 aromatic rings. The number of nitrogens with two attached hydrogens (primary N) is 4. The van der Waals surface area contributed by atoms with Crippen LogP contribution >= 0.6 is 0 Å². The first-order valence-corrected chi connectivity index (χ1v) is 11.2. The molecule has 1 fully saturated rings. The van der Waals surface area contributed by atoms with E-state index in [1.807, 2.05) is 43.5 Å². The maximum absolute atomic E-state index is 6.28. The molecule has 0 radical (unpaired) electrons. The molecule has 0 amide bonds. The van der Waals surface area contributed by atoms with Crippen molar-refractivity contribution in [3.63, 3.8) is 0 Å². The Bertz CT molecular complexity index is 1040. The molecule has 1 aliphatic rings. The number of nitrogens with one attached hydrogen (secondary N) is 1. The van der Waals surface area contributed by atoms with Gasteiger partial charge in [-0.1, -0.05) is 30.0 Å². The molecule has 1 atom stereocenters. The van der Waals surface area contributed by atoms with E-state index in [9.17, 15) is 0 Å². The summed E-state index contributed by atoms with van der Waals surface area (Å²) in [6.45, 7) is 3.99. The Balaban J connectivity index is 1.54. The van der Waals surface area contributed by atoms with Crippen molar-refractivity contribution in [3.05, 3.63) is 77.1 Å². The molecule has 0 spiro atoms. The number of hydrazine groups is 1. The second-order valence-corrected chi connectivity index (χ2v) is 8.21. The summed E-state index contributed by atoms with van der Waals surface area (Å²) in [5.74, 6) is 12.2. The Kier molecular flexibility index (Phi) is 8.64. The maximum Gasteiger partial charge on any atom is 0.0948 e. The van der Waals surface area contributed by atoms with E-state index in [-0.39, 0.29) is 6.10 Å². The Morgan fingerprint density at radius 3 is 2.64 bits per heavy atom. The summed E-state index contributed by atoms with van der Waals surface area (Å²) in [6, 6.07) is 13.3. The number of rotatable bonds is 7. The van der Waals surface area contributed by atoms with Crippen LogP contribution in [0.3, 0.4) is 0 Å². The van der Waals surface area contributed by atoms with E-state index in [0.29, 0.717) is 23.6 Å². The van der Waals surface area contributed by atoms with E-state index in [1.54, 1.807) is 18.3 Å². The van der Waals surface area contributed by atoms with E-state index < -0.39 is 0 Å². The average molecular weight is 447 g/mol. The highest BCUT2D eigenvalue weighted by atomic mass is 16.5. The van der Waals surface area contributed by atoms with Gasteiger partial charge in [-0.2, -0.15) is 0 Å².